The van der Waals surface area contributed by atoms with Crippen LogP contribution in [0, 0.1) is 19.7 Å². The summed E-state index contributed by atoms with van der Waals surface area (Å²) in [4.78, 5) is 22.3. The molecule has 0 bridgehead atoms. The summed E-state index contributed by atoms with van der Waals surface area (Å²) >= 11 is 6.42. The zero-order valence-corrected chi connectivity index (χ0v) is 19.2. The molecule has 1 fully saturated rings. The van der Waals surface area contributed by atoms with E-state index in [1.54, 1.807) is 16.8 Å². The van der Waals surface area contributed by atoms with Gasteiger partial charge in [-0.15, -0.1) is 0 Å². The second-order valence-electron chi connectivity index (χ2n) is 8.21. The highest BCUT2D eigenvalue weighted by molar-refractivity contribution is 6.32. The number of halogens is 2. The van der Waals surface area contributed by atoms with E-state index in [0.29, 0.717) is 42.4 Å². The minimum absolute atomic E-state index is 0.0361. The van der Waals surface area contributed by atoms with Gasteiger partial charge in [0.1, 0.15) is 5.82 Å². The fraction of sp³-hybridized carbons (Fsp3) is 0.240. The molecule has 0 N–H and O–H groups in total. The minimum Gasteiger partial charge on any atom is -0.368 e. The number of hydrogen-bond acceptors (Lipinski definition) is 4. The van der Waals surface area contributed by atoms with Crippen LogP contribution in [-0.4, -0.2) is 51.8 Å². The molecule has 1 amide bonds. The average molecular weight is 464 g/mol. The van der Waals surface area contributed by atoms with Crippen LogP contribution in [0.5, 0.6) is 0 Å². The maximum absolute atomic E-state index is 13.6. The molecule has 2 aromatic carbocycles. The molecule has 0 aliphatic carbocycles. The molecular formula is C25H23ClFN5O. The number of carbonyl (C=O) groups excluding carboxylic acids is 1. The number of pyridine rings is 1. The SMILES string of the molecule is Cc1cc(C(=O)N2CCN(c3ccc(F)cc3)CC2)c2c(C)nn(-c3ccccc3Cl)c2n1. The maximum Gasteiger partial charge on any atom is 0.254 e. The number of rotatable bonds is 3. The first kappa shape index (κ1) is 21.4. The van der Waals surface area contributed by atoms with Crippen molar-refractivity contribution in [3.8, 4) is 5.69 Å². The Balaban J connectivity index is 1.46. The minimum atomic E-state index is -0.252. The van der Waals surface area contributed by atoms with Crippen LogP contribution in [0.1, 0.15) is 21.7 Å². The van der Waals surface area contributed by atoms with Crippen molar-refractivity contribution in [1.82, 2.24) is 19.7 Å². The number of nitrogens with zero attached hydrogens (tertiary/aromatic N) is 5. The molecule has 1 aliphatic heterocycles. The van der Waals surface area contributed by atoms with Crippen LogP contribution >= 0.6 is 11.6 Å². The molecule has 6 nitrogen and oxygen atoms in total. The van der Waals surface area contributed by atoms with E-state index in [4.69, 9.17) is 16.6 Å². The molecular weight excluding hydrogens is 441 g/mol. The number of anilines is 1. The summed E-state index contributed by atoms with van der Waals surface area (Å²) in [7, 11) is 0. The third-order valence-electron chi connectivity index (χ3n) is 6.01. The van der Waals surface area contributed by atoms with Gasteiger partial charge < -0.3 is 9.80 Å². The van der Waals surface area contributed by atoms with E-state index in [1.165, 1.54) is 12.1 Å². The van der Waals surface area contributed by atoms with Crippen molar-refractivity contribution in [2.45, 2.75) is 13.8 Å². The highest BCUT2D eigenvalue weighted by atomic mass is 35.5. The Bertz CT molecular complexity index is 1340. The monoisotopic (exact) mass is 463 g/mol. The third-order valence-corrected chi connectivity index (χ3v) is 6.33. The van der Waals surface area contributed by atoms with E-state index in [2.05, 4.69) is 10.00 Å². The molecule has 4 aromatic rings. The van der Waals surface area contributed by atoms with Crippen LogP contribution in [0.15, 0.2) is 54.6 Å². The van der Waals surface area contributed by atoms with Gasteiger partial charge in [-0.3, -0.25) is 4.79 Å². The summed E-state index contributed by atoms with van der Waals surface area (Å²) in [6.45, 7) is 6.29. The molecule has 8 heteroatoms. The molecule has 168 valence electrons. The second kappa shape index (κ2) is 8.48. The topological polar surface area (TPSA) is 54.3 Å². The van der Waals surface area contributed by atoms with Gasteiger partial charge in [0.25, 0.3) is 5.91 Å². The van der Waals surface area contributed by atoms with Crippen molar-refractivity contribution in [3.05, 3.63) is 82.4 Å². The van der Waals surface area contributed by atoms with Crippen LogP contribution in [0.4, 0.5) is 10.1 Å². The number of aryl methyl sites for hydroxylation is 2. The molecule has 1 aliphatic rings. The number of para-hydroxylation sites is 1. The Labute approximate surface area is 196 Å². The van der Waals surface area contributed by atoms with Gasteiger partial charge in [-0.1, -0.05) is 23.7 Å². The van der Waals surface area contributed by atoms with Gasteiger partial charge in [0, 0.05) is 37.6 Å². The molecule has 3 heterocycles. The van der Waals surface area contributed by atoms with Gasteiger partial charge in [0.2, 0.25) is 0 Å². The number of amides is 1. The smallest absolute Gasteiger partial charge is 0.254 e. The van der Waals surface area contributed by atoms with Crippen LogP contribution in [0.25, 0.3) is 16.7 Å². The number of fused-ring (bicyclic) bond motifs is 1. The van der Waals surface area contributed by atoms with Gasteiger partial charge in [0.05, 0.1) is 27.4 Å². The van der Waals surface area contributed by atoms with Crippen LogP contribution in [0.2, 0.25) is 5.02 Å². The van der Waals surface area contributed by atoms with Crippen molar-refractivity contribution < 1.29 is 9.18 Å². The van der Waals surface area contributed by atoms with Gasteiger partial charge in [-0.2, -0.15) is 5.10 Å². The number of benzene rings is 2. The van der Waals surface area contributed by atoms with E-state index in [1.807, 2.05) is 49.1 Å². The van der Waals surface area contributed by atoms with Gasteiger partial charge in [0.15, 0.2) is 5.65 Å². The van der Waals surface area contributed by atoms with Gasteiger partial charge in [-0.05, 0) is 56.3 Å². The Kier molecular flexibility index (Phi) is 5.50. The van der Waals surface area contributed by atoms with Crippen molar-refractivity contribution in [2.24, 2.45) is 0 Å². The van der Waals surface area contributed by atoms with Crippen molar-refractivity contribution >= 4 is 34.2 Å². The zero-order chi connectivity index (χ0) is 23.1. The van der Waals surface area contributed by atoms with Gasteiger partial charge >= 0.3 is 0 Å². The lowest BCUT2D eigenvalue weighted by Gasteiger charge is -2.36. The summed E-state index contributed by atoms with van der Waals surface area (Å²) in [5.74, 6) is -0.289. The fourth-order valence-corrected chi connectivity index (χ4v) is 4.58. The Hall–Kier alpha value is -3.45. The number of hydrogen-bond donors (Lipinski definition) is 0. The number of aromatic nitrogens is 3. The Morgan fingerprint density at radius 2 is 1.70 bits per heavy atom. The van der Waals surface area contributed by atoms with Crippen LogP contribution in [0.3, 0.4) is 0 Å². The van der Waals surface area contributed by atoms with E-state index < -0.39 is 0 Å². The third kappa shape index (κ3) is 3.93. The lowest BCUT2D eigenvalue weighted by atomic mass is 10.1. The number of carbonyl (C=O) groups is 1. The summed E-state index contributed by atoms with van der Waals surface area (Å²) in [6.07, 6.45) is 0. The molecule has 0 spiro atoms. The molecule has 0 atom stereocenters. The molecule has 33 heavy (non-hydrogen) atoms. The molecule has 0 saturated carbocycles. The van der Waals surface area contributed by atoms with Crippen LogP contribution < -0.4 is 4.90 Å². The fourth-order valence-electron chi connectivity index (χ4n) is 4.36. The first-order chi connectivity index (χ1) is 15.9. The summed E-state index contributed by atoms with van der Waals surface area (Å²) in [5.41, 5.74) is 4.37. The van der Waals surface area contributed by atoms with Crippen molar-refractivity contribution in [1.29, 1.82) is 0 Å². The molecule has 1 saturated heterocycles. The van der Waals surface area contributed by atoms with Crippen LogP contribution in [-0.2, 0) is 0 Å². The van der Waals surface area contributed by atoms with E-state index in [0.717, 1.165) is 28.1 Å². The standard InChI is InChI=1S/C25H23ClFN5O/c1-16-15-20(23-17(2)29-32(24(23)28-16)22-6-4-3-5-21(22)26)25(33)31-13-11-30(12-14-31)19-9-7-18(27)8-10-19/h3-10,15H,11-14H2,1-2H3. The summed E-state index contributed by atoms with van der Waals surface area (Å²) in [5, 5.41) is 5.98. The summed E-state index contributed by atoms with van der Waals surface area (Å²) in [6, 6.07) is 15.8. The maximum atomic E-state index is 13.6. The summed E-state index contributed by atoms with van der Waals surface area (Å²) < 4.78 is 15.0. The lowest BCUT2D eigenvalue weighted by Crippen LogP contribution is -2.48. The first-order valence-corrected chi connectivity index (χ1v) is 11.2. The van der Waals surface area contributed by atoms with E-state index in [9.17, 15) is 9.18 Å². The zero-order valence-electron chi connectivity index (χ0n) is 18.4. The molecule has 5 rings (SSSR count). The van der Waals surface area contributed by atoms with Gasteiger partial charge in [-0.25, -0.2) is 14.1 Å². The lowest BCUT2D eigenvalue weighted by molar-refractivity contribution is 0.0748. The highest BCUT2D eigenvalue weighted by Gasteiger charge is 2.26. The normalized spacial score (nSPS) is 14.2. The average Bonchev–Trinajstić information content (AvgIpc) is 3.15. The molecule has 2 aromatic heterocycles. The predicted octanol–water partition coefficient (Wildman–Crippen LogP) is 4.79. The quantitative estimate of drug-likeness (QED) is 0.438. The Morgan fingerprint density at radius 1 is 1.00 bits per heavy atom. The Morgan fingerprint density at radius 3 is 2.39 bits per heavy atom. The van der Waals surface area contributed by atoms with Crippen molar-refractivity contribution in [3.63, 3.8) is 0 Å². The number of piperazine rings is 1. The first-order valence-electron chi connectivity index (χ1n) is 10.8. The van der Waals surface area contributed by atoms with E-state index >= 15 is 0 Å². The van der Waals surface area contributed by atoms with Crippen molar-refractivity contribution in [2.75, 3.05) is 31.1 Å². The predicted molar refractivity (Wildman–Crippen MR) is 128 cm³/mol. The highest BCUT2D eigenvalue weighted by Crippen LogP contribution is 2.29. The molecule has 0 unspecified atom stereocenters. The largest absolute Gasteiger partial charge is 0.368 e. The van der Waals surface area contributed by atoms with E-state index in [-0.39, 0.29) is 11.7 Å². The second-order valence-corrected chi connectivity index (χ2v) is 8.62. The molecule has 0 radical (unpaired) electrons.